The van der Waals surface area contributed by atoms with Crippen molar-refractivity contribution in [2.24, 2.45) is 0 Å². The Hall–Kier alpha value is -2.50. The van der Waals surface area contributed by atoms with Crippen LogP contribution in [0.1, 0.15) is 21.8 Å². The molecule has 0 fully saturated rings. The van der Waals surface area contributed by atoms with Gasteiger partial charge >= 0.3 is 0 Å². The van der Waals surface area contributed by atoms with Crippen molar-refractivity contribution in [1.82, 2.24) is 10.5 Å². The number of rotatable bonds is 4. The lowest BCUT2D eigenvalue weighted by Gasteiger charge is -2.09. The summed E-state index contributed by atoms with van der Waals surface area (Å²) in [4.78, 5) is 12.0. The predicted octanol–water partition coefficient (Wildman–Crippen LogP) is 1.50. The number of hydrogen-bond donors (Lipinski definition) is 2. The molecule has 1 amide bonds. The fourth-order valence-electron chi connectivity index (χ4n) is 1.66. The van der Waals surface area contributed by atoms with E-state index < -0.39 is 0 Å². The Bertz CT molecular complexity index is 593. The van der Waals surface area contributed by atoms with Gasteiger partial charge in [-0.05, 0) is 19.1 Å². The maximum absolute atomic E-state index is 12.0. The first-order chi connectivity index (χ1) is 9.10. The Morgan fingerprint density at radius 3 is 2.89 bits per heavy atom. The second kappa shape index (κ2) is 5.43. The molecule has 0 saturated heterocycles. The minimum absolute atomic E-state index is 0.252. The number of nitrogen functional groups attached to an aromatic ring is 1. The quantitative estimate of drug-likeness (QED) is 0.814. The molecule has 0 aliphatic carbocycles. The highest BCUT2D eigenvalue weighted by molar-refractivity contribution is 5.97. The summed E-state index contributed by atoms with van der Waals surface area (Å²) in [5.41, 5.74) is 7.27. The van der Waals surface area contributed by atoms with E-state index in [4.69, 9.17) is 15.0 Å². The molecule has 0 atom stereocenters. The second-order valence-electron chi connectivity index (χ2n) is 4.07. The fraction of sp³-hybridized carbons (Fsp3) is 0.231. The minimum Gasteiger partial charge on any atom is -0.496 e. The SMILES string of the molecule is COc1cc(N)ccc1C(=O)NCc1cc(C)on1. The van der Waals surface area contributed by atoms with Crippen LogP contribution in [-0.4, -0.2) is 18.2 Å². The normalized spacial score (nSPS) is 10.2. The highest BCUT2D eigenvalue weighted by Crippen LogP contribution is 2.21. The first-order valence-corrected chi connectivity index (χ1v) is 5.74. The number of amides is 1. The van der Waals surface area contributed by atoms with Gasteiger partial charge in [0.15, 0.2) is 0 Å². The standard InChI is InChI=1S/C13H15N3O3/c1-8-5-10(16-19-8)7-15-13(17)11-4-3-9(14)6-12(11)18-2/h3-6H,7,14H2,1-2H3,(H,15,17). The van der Waals surface area contributed by atoms with Gasteiger partial charge in [-0.3, -0.25) is 4.79 Å². The summed E-state index contributed by atoms with van der Waals surface area (Å²) >= 11 is 0. The molecule has 1 heterocycles. The van der Waals surface area contributed by atoms with E-state index in [9.17, 15) is 4.79 Å². The third-order valence-corrected chi connectivity index (χ3v) is 2.58. The summed E-state index contributed by atoms with van der Waals surface area (Å²) in [7, 11) is 1.49. The Labute approximate surface area is 110 Å². The topological polar surface area (TPSA) is 90.4 Å². The van der Waals surface area contributed by atoms with Crippen LogP contribution in [0.3, 0.4) is 0 Å². The van der Waals surface area contributed by atoms with E-state index in [0.717, 1.165) is 0 Å². The average Bonchev–Trinajstić information content (AvgIpc) is 2.81. The number of carbonyl (C=O) groups excluding carboxylic acids is 1. The maximum Gasteiger partial charge on any atom is 0.255 e. The zero-order chi connectivity index (χ0) is 13.8. The molecule has 0 aliphatic heterocycles. The Morgan fingerprint density at radius 2 is 2.26 bits per heavy atom. The third-order valence-electron chi connectivity index (χ3n) is 2.58. The van der Waals surface area contributed by atoms with Crippen LogP contribution in [0.15, 0.2) is 28.8 Å². The largest absolute Gasteiger partial charge is 0.496 e. The maximum atomic E-state index is 12.0. The van der Waals surface area contributed by atoms with Gasteiger partial charge in [-0.15, -0.1) is 0 Å². The molecule has 1 aromatic carbocycles. The monoisotopic (exact) mass is 261 g/mol. The van der Waals surface area contributed by atoms with Gasteiger partial charge in [-0.25, -0.2) is 0 Å². The zero-order valence-electron chi connectivity index (χ0n) is 10.8. The first kappa shape index (κ1) is 12.9. The van der Waals surface area contributed by atoms with Crippen LogP contribution in [-0.2, 0) is 6.54 Å². The molecule has 6 nitrogen and oxygen atoms in total. The van der Waals surface area contributed by atoms with Crippen molar-refractivity contribution < 1.29 is 14.1 Å². The third kappa shape index (κ3) is 3.04. The fourth-order valence-corrected chi connectivity index (χ4v) is 1.66. The van der Waals surface area contributed by atoms with Crippen molar-refractivity contribution in [3.8, 4) is 5.75 Å². The summed E-state index contributed by atoms with van der Waals surface area (Å²) in [6.07, 6.45) is 0. The van der Waals surface area contributed by atoms with Crippen molar-refractivity contribution in [1.29, 1.82) is 0 Å². The predicted molar refractivity (Wildman–Crippen MR) is 69.8 cm³/mol. The molecule has 19 heavy (non-hydrogen) atoms. The molecule has 6 heteroatoms. The van der Waals surface area contributed by atoms with E-state index in [1.165, 1.54) is 7.11 Å². The van der Waals surface area contributed by atoms with Crippen molar-refractivity contribution in [2.75, 3.05) is 12.8 Å². The van der Waals surface area contributed by atoms with E-state index in [1.54, 1.807) is 31.2 Å². The van der Waals surface area contributed by atoms with Crippen LogP contribution in [0.25, 0.3) is 0 Å². The Balaban J connectivity index is 2.07. The van der Waals surface area contributed by atoms with Crippen molar-refractivity contribution in [3.63, 3.8) is 0 Å². The van der Waals surface area contributed by atoms with Gasteiger partial charge < -0.3 is 20.3 Å². The first-order valence-electron chi connectivity index (χ1n) is 5.74. The van der Waals surface area contributed by atoms with Gasteiger partial charge in [0.2, 0.25) is 0 Å². The molecule has 3 N–H and O–H groups in total. The molecular weight excluding hydrogens is 246 g/mol. The highest BCUT2D eigenvalue weighted by atomic mass is 16.5. The van der Waals surface area contributed by atoms with Gasteiger partial charge in [0.1, 0.15) is 17.2 Å². The molecule has 2 aromatic rings. The lowest BCUT2D eigenvalue weighted by atomic mass is 10.1. The number of nitrogens with zero attached hydrogens (tertiary/aromatic N) is 1. The zero-order valence-corrected chi connectivity index (χ0v) is 10.8. The van der Waals surface area contributed by atoms with E-state index in [2.05, 4.69) is 10.5 Å². The number of hydrogen-bond acceptors (Lipinski definition) is 5. The second-order valence-corrected chi connectivity index (χ2v) is 4.07. The van der Waals surface area contributed by atoms with Crippen LogP contribution in [0, 0.1) is 6.92 Å². The van der Waals surface area contributed by atoms with Gasteiger partial charge in [-0.1, -0.05) is 5.16 Å². The molecule has 100 valence electrons. The lowest BCUT2D eigenvalue weighted by molar-refractivity contribution is 0.0947. The van der Waals surface area contributed by atoms with E-state index in [0.29, 0.717) is 35.0 Å². The van der Waals surface area contributed by atoms with E-state index >= 15 is 0 Å². The van der Waals surface area contributed by atoms with Crippen molar-refractivity contribution >= 4 is 11.6 Å². The molecule has 0 radical (unpaired) electrons. The molecule has 0 saturated carbocycles. The minimum atomic E-state index is -0.252. The van der Waals surface area contributed by atoms with Crippen LogP contribution in [0.5, 0.6) is 5.75 Å². The number of anilines is 1. The molecule has 0 spiro atoms. The number of aromatic nitrogens is 1. The Morgan fingerprint density at radius 1 is 1.47 bits per heavy atom. The van der Waals surface area contributed by atoms with Gasteiger partial charge in [-0.2, -0.15) is 0 Å². The van der Waals surface area contributed by atoms with Gasteiger partial charge in [0.25, 0.3) is 5.91 Å². The number of methoxy groups -OCH3 is 1. The molecule has 0 aliphatic rings. The number of ether oxygens (including phenoxy) is 1. The smallest absolute Gasteiger partial charge is 0.255 e. The van der Waals surface area contributed by atoms with E-state index in [-0.39, 0.29) is 5.91 Å². The number of nitrogens with one attached hydrogen (secondary N) is 1. The number of benzene rings is 1. The summed E-state index contributed by atoms with van der Waals surface area (Å²) in [6.45, 7) is 2.09. The van der Waals surface area contributed by atoms with E-state index in [1.807, 2.05) is 0 Å². The lowest BCUT2D eigenvalue weighted by Crippen LogP contribution is -2.23. The van der Waals surface area contributed by atoms with Crippen LogP contribution >= 0.6 is 0 Å². The number of aryl methyl sites for hydroxylation is 1. The summed E-state index contributed by atoms with van der Waals surface area (Å²) < 4.78 is 10.0. The van der Waals surface area contributed by atoms with Crippen molar-refractivity contribution in [3.05, 3.63) is 41.3 Å². The summed E-state index contributed by atoms with van der Waals surface area (Å²) in [6, 6.07) is 6.64. The number of nitrogens with two attached hydrogens (primary N) is 1. The summed E-state index contributed by atoms with van der Waals surface area (Å²) in [5, 5.41) is 6.54. The molecule has 2 rings (SSSR count). The van der Waals surface area contributed by atoms with Gasteiger partial charge in [0.05, 0.1) is 19.2 Å². The molecule has 0 bridgehead atoms. The van der Waals surface area contributed by atoms with Crippen LogP contribution in [0.4, 0.5) is 5.69 Å². The van der Waals surface area contributed by atoms with Crippen LogP contribution in [0.2, 0.25) is 0 Å². The van der Waals surface area contributed by atoms with Crippen molar-refractivity contribution in [2.45, 2.75) is 13.5 Å². The average molecular weight is 261 g/mol. The Kier molecular flexibility index (Phi) is 3.70. The number of carbonyl (C=O) groups is 1. The molecule has 1 aromatic heterocycles. The van der Waals surface area contributed by atoms with Gasteiger partial charge in [0, 0.05) is 17.8 Å². The molecular formula is C13H15N3O3. The van der Waals surface area contributed by atoms with Crippen LogP contribution < -0.4 is 15.8 Å². The highest BCUT2D eigenvalue weighted by Gasteiger charge is 2.12. The summed E-state index contributed by atoms with van der Waals surface area (Å²) in [5.74, 6) is 0.889. The molecule has 0 unspecified atom stereocenters.